The van der Waals surface area contributed by atoms with E-state index in [9.17, 15) is 18.5 Å². The van der Waals surface area contributed by atoms with E-state index in [2.05, 4.69) is 15.3 Å². The number of nitrogens with two attached hydrogens (primary N) is 2. The van der Waals surface area contributed by atoms with E-state index in [1.165, 1.54) is 46.9 Å². The van der Waals surface area contributed by atoms with Gasteiger partial charge in [0.2, 0.25) is 10.0 Å². The number of hydrogen-bond acceptors (Lipinski definition) is 10. The zero-order chi connectivity index (χ0) is 20.8. The molecule has 2 heterocycles. The van der Waals surface area contributed by atoms with Gasteiger partial charge in [0.25, 0.3) is 5.69 Å². The van der Waals surface area contributed by atoms with Gasteiger partial charge in [-0.25, -0.2) is 23.5 Å². The minimum Gasteiger partial charge on any atom is -0.382 e. The van der Waals surface area contributed by atoms with Crippen LogP contribution >= 0.6 is 22.7 Å². The number of aromatic nitrogens is 2. The number of nitro groups is 1. The second-order valence-electron chi connectivity index (χ2n) is 5.86. The average Bonchev–Trinajstić information content (AvgIpc) is 3.23. The highest BCUT2D eigenvalue weighted by Crippen LogP contribution is 2.40. The fraction of sp³-hybridized carbons (Fsp3) is 0. The SMILES string of the molecule is Nc1nc(Nc2ccc(S(N)(=O)=O)cc2)sc1-c1nc2cc([N+](=O)[O-])ccc2s1. The van der Waals surface area contributed by atoms with Crippen molar-refractivity contribution in [3.8, 4) is 9.88 Å². The molecule has 13 heteroatoms. The van der Waals surface area contributed by atoms with E-state index >= 15 is 0 Å². The van der Waals surface area contributed by atoms with E-state index in [-0.39, 0.29) is 16.4 Å². The first-order valence-corrected chi connectivity index (χ1v) is 11.1. The summed E-state index contributed by atoms with van der Waals surface area (Å²) in [6, 6.07) is 10.4. The van der Waals surface area contributed by atoms with E-state index in [1.807, 2.05) is 0 Å². The second-order valence-corrected chi connectivity index (χ2v) is 9.45. The van der Waals surface area contributed by atoms with Crippen LogP contribution in [0.4, 0.5) is 22.3 Å². The van der Waals surface area contributed by atoms with E-state index in [0.29, 0.717) is 26.2 Å². The number of nitrogens with zero attached hydrogens (tertiary/aromatic N) is 3. The van der Waals surface area contributed by atoms with Crippen LogP contribution in [-0.4, -0.2) is 23.3 Å². The van der Waals surface area contributed by atoms with Crippen molar-refractivity contribution in [1.29, 1.82) is 0 Å². The predicted octanol–water partition coefficient (Wildman–Crippen LogP) is 3.30. The number of hydrogen-bond donors (Lipinski definition) is 3. The number of nitrogen functional groups attached to an aromatic ring is 1. The zero-order valence-corrected chi connectivity index (χ0v) is 16.8. The molecular formula is C16H12N6O4S3. The van der Waals surface area contributed by atoms with Crippen LogP contribution in [0.3, 0.4) is 0 Å². The van der Waals surface area contributed by atoms with Crippen molar-refractivity contribution in [1.82, 2.24) is 9.97 Å². The van der Waals surface area contributed by atoms with Crippen molar-refractivity contribution in [2.45, 2.75) is 4.90 Å². The number of anilines is 3. The van der Waals surface area contributed by atoms with Crippen molar-refractivity contribution >= 4 is 65.2 Å². The second kappa shape index (κ2) is 7.04. The molecule has 0 radical (unpaired) electrons. The zero-order valence-electron chi connectivity index (χ0n) is 14.4. The van der Waals surface area contributed by atoms with Gasteiger partial charge in [-0.2, -0.15) is 0 Å². The maximum atomic E-state index is 11.3. The molecule has 10 nitrogen and oxygen atoms in total. The Kier molecular flexibility index (Phi) is 4.66. The third-order valence-corrected chi connectivity index (χ3v) is 6.97. The Labute approximate surface area is 172 Å². The van der Waals surface area contributed by atoms with Gasteiger partial charge >= 0.3 is 0 Å². The molecule has 5 N–H and O–H groups in total. The lowest BCUT2D eigenvalue weighted by atomic mass is 10.3. The van der Waals surface area contributed by atoms with Gasteiger partial charge in [0, 0.05) is 17.8 Å². The lowest BCUT2D eigenvalue weighted by Gasteiger charge is -2.03. The van der Waals surface area contributed by atoms with Crippen molar-refractivity contribution in [3.05, 3.63) is 52.6 Å². The highest BCUT2D eigenvalue weighted by atomic mass is 32.2. The maximum absolute atomic E-state index is 11.3. The Morgan fingerprint density at radius 2 is 1.79 bits per heavy atom. The molecule has 0 saturated heterocycles. The molecule has 0 fully saturated rings. The third-order valence-electron chi connectivity index (χ3n) is 3.86. The van der Waals surface area contributed by atoms with Crippen LogP contribution in [0.25, 0.3) is 20.1 Å². The van der Waals surface area contributed by atoms with Gasteiger partial charge in [0.1, 0.15) is 15.7 Å². The predicted molar refractivity (Wildman–Crippen MR) is 113 cm³/mol. The van der Waals surface area contributed by atoms with Crippen LogP contribution in [0, 0.1) is 10.1 Å². The minimum atomic E-state index is -3.76. The Morgan fingerprint density at radius 3 is 2.45 bits per heavy atom. The molecule has 4 rings (SSSR count). The monoisotopic (exact) mass is 448 g/mol. The largest absolute Gasteiger partial charge is 0.382 e. The summed E-state index contributed by atoms with van der Waals surface area (Å²) in [5.41, 5.74) is 7.12. The van der Waals surface area contributed by atoms with E-state index in [4.69, 9.17) is 10.9 Å². The van der Waals surface area contributed by atoms with E-state index < -0.39 is 14.9 Å². The number of non-ortho nitro benzene ring substituents is 1. The van der Waals surface area contributed by atoms with Gasteiger partial charge in [-0.15, -0.1) is 11.3 Å². The molecule has 4 aromatic rings. The van der Waals surface area contributed by atoms with Crippen LogP contribution in [0.1, 0.15) is 0 Å². The molecule has 148 valence electrons. The van der Waals surface area contributed by atoms with Gasteiger partial charge in [-0.3, -0.25) is 10.1 Å². The molecular weight excluding hydrogens is 436 g/mol. The average molecular weight is 449 g/mol. The van der Waals surface area contributed by atoms with Gasteiger partial charge in [-0.1, -0.05) is 11.3 Å². The Bertz CT molecular complexity index is 1350. The van der Waals surface area contributed by atoms with Crippen LogP contribution in [0.15, 0.2) is 47.4 Å². The third kappa shape index (κ3) is 3.88. The maximum Gasteiger partial charge on any atom is 0.271 e. The first-order valence-electron chi connectivity index (χ1n) is 7.92. The molecule has 0 aliphatic carbocycles. The summed E-state index contributed by atoms with van der Waals surface area (Å²) in [7, 11) is -3.76. The highest BCUT2D eigenvalue weighted by molar-refractivity contribution is 7.89. The van der Waals surface area contributed by atoms with Crippen molar-refractivity contribution < 1.29 is 13.3 Å². The number of primary sulfonamides is 1. The van der Waals surface area contributed by atoms with Crippen molar-refractivity contribution in [3.63, 3.8) is 0 Å². The Balaban J connectivity index is 1.62. The molecule has 0 unspecified atom stereocenters. The molecule has 2 aromatic carbocycles. The van der Waals surface area contributed by atoms with Crippen LogP contribution in [-0.2, 0) is 10.0 Å². The van der Waals surface area contributed by atoms with Crippen molar-refractivity contribution in [2.75, 3.05) is 11.1 Å². The number of thiazole rings is 2. The summed E-state index contributed by atoms with van der Waals surface area (Å²) >= 11 is 2.62. The van der Waals surface area contributed by atoms with Gasteiger partial charge in [0.15, 0.2) is 5.13 Å². The number of nitro benzene ring substituents is 1. The molecule has 0 aliphatic heterocycles. The summed E-state index contributed by atoms with van der Waals surface area (Å²) < 4.78 is 23.5. The number of benzene rings is 2. The minimum absolute atomic E-state index is 0.00552. The smallest absolute Gasteiger partial charge is 0.271 e. The molecule has 0 bridgehead atoms. The van der Waals surface area contributed by atoms with Gasteiger partial charge < -0.3 is 11.1 Å². The lowest BCUT2D eigenvalue weighted by Crippen LogP contribution is -2.11. The Hall–Kier alpha value is -3.13. The number of sulfonamides is 1. The van der Waals surface area contributed by atoms with Crippen molar-refractivity contribution in [2.24, 2.45) is 5.14 Å². The quantitative estimate of drug-likeness (QED) is 0.309. The fourth-order valence-corrected chi connectivity index (χ4v) is 4.97. The van der Waals surface area contributed by atoms with Crippen LogP contribution < -0.4 is 16.2 Å². The molecule has 0 amide bonds. The summed E-state index contributed by atoms with van der Waals surface area (Å²) in [5, 5.41) is 20.2. The van der Waals surface area contributed by atoms with Crippen LogP contribution in [0.2, 0.25) is 0 Å². The molecule has 0 aliphatic rings. The molecule has 29 heavy (non-hydrogen) atoms. The standard InChI is InChI=1S/C16H12N6O4S3/c17-14-13(15-20-11-7-9(22(23)24)3-6-12(11)27-15)28-16(21-14)19-8-1-4-10(5-2-8)29(18,25)26/h1-7H,17H2,(H,19,21)(H2,18,25,26). The number of nitrogens with one attached hydrogen (secondary N) is 1. The van der Waals surface area contributed by atoms with Gasteiger partial charge in [0.05, 0.1) is 20.0 Å². The highest BCUT2D eigenvalue weighted by Gasteiger charge is 2.17. The summed E-state index contributed by atoms with van der Waals surface area (Å²) in [5.74, 6) is 0.271. The molecule has 0 atom stereocenters. The fourth-order valence-electron chi connectivity index (χ4n) is 2.52. The van der Waals surface area contributed by atoms with Crippen LogP contribution in [0.5, 0.6) is 0 Å². The summed E-state index contributed by atoms with van der Waals surface area (Å²) in [4.78, 5) is 19.8. The summed E-state index contributed by atoms with van der Waals surface area (Å²) in [6.07, 6.45) is 0. The molecule has 0 spiro atoms. The normalized spacial score (nSPS) is 11.6. The first kappa shape index (κ1) is 19.2. The first-order chi connectivity index (χ1) is 13.7. The van der Waals surface area contributed by atoms with E-state index in [1.54, 1.807) is 18.2 Å². The number of rotatable bonds is 5. The molecule has 0 saturated carbocycles. The molecule has 2 aromatic heterocycles. The Morgan fingerprint density at radius 1 is 1.07 bits per heavy atom. The lowest BCUT2D eigenvalue weighted by molar-refractivity contribution is -0.384. The van der Waals surface area contributed by atoms with Gasteiger partial charge in [-0.05, 0) is 30.3 Å². The van der Waals surface area contributed by atoms with E-state index in [0.717, 1.165) is 4.70 Å². The topological polar surface area (TPSA) is 167 Å². The number of fused-ring (bicyclic) bond motifs is 1. The summed E-state index contributed by atoms with van der Waals surface area (Å²) in [6.45, 7) is 0.